The lowest BCUT2D eigenvalue weighted by molar-refractivity contribution is 0.0694. The maximum Gasteiger partial charge on any atom is 0.339 e. The van der Waals surface area contributed by atoms with E-state index in [-0.39, 0.29) is 16.2 Å². The highest BCUT2D eigenvalue weighted by Crippen LogP contribution is 2.29. The van der Waals surface area contributed by atoms with Crippen molar-refractivity contribution in [1.29, 1.82) is 0 Å². The number of nitrogens with two attached hydrogens (primary N) is 1. The van der Waals surface area contributed by atoms with Crippen molar-refractivity contribution in [3.63, 3.8) is 0 Å². The molecule has 7 heteroatoms. The van der Waals surface area contributed by atoms with Gasteiger partial charge in [0.05, 0.1) is 4.90 Å². The molecule has 0 aromatic heterocycles. The minimum Gasteiger partial charge on any atom is -0.478 e. The Morgan fingerprint density at radius 1 is 1.14 bits per heavy atom. The van der Waals surface area contributed by atoms with E-state index in [0.29, 0.717) is 5.75 Å². The fourth-order valence-corrected chi connectivity index (χ4v) is 2.27. The van der Waals surface area contributed by atoms with Gasteiger partial charge in [-0.15, -0.1) is 0 Å². The van der Waals surface area contributed by atoms with Crippen LogP contribution in [-0.4, -0.2) is 19.5 Å². The Bertz CT molecular complexity index is 799. The molecule has 2 aromatic carbocycles. The Morgan fingerprint density at radius 3 is 2.38 bits per heavy atom. The number of ether oxygens (including phenoxy) is 1. The summed E-state index contributed by atoms with van der Waals surface area (Å²) in [6.07, 6.45) is 0. The lowest BCUT2D eigenvalue weighted by Gasteiger charge is -2.11. The van der Waals surface area contributed by atoms with Crippen LogP contribution in [0.2, 0.25) is 0 Å². The maximum absolute atomic E-state index is 11.3. The van der Waals surface area contributed by atoms with E-state index in [1.165, 1.54) is 12.1 Å². The van der Waals surface area contributed by atoms with Gasteiger partial charge >= 0.3 is 5.97 Å². The lowest BCUT2D eigenvalue weighted by atomic mass is 10.2. The van der Waals surface area contributed by atoms with E-state index in [2.05, 4.69) is 0 Å². The summed E-state index contributed by atoms with van der Waals surface area (Å²) in [5.41, 5.74) is 0.550. The number of aromatic carboxylic acids is 1. The molecular formula is C14H13NO5S. The molecule has 0 spiro atoms. The number of hydrogen-bond acceptors (Lipinski definition) is 4. The van der Waals surface area contributed by atoms with Crippen molar-refractivity contribution in [3.05, 3.63) is 53.6 Å². The number of primary sulfonamides is 1. The fraction of sp³-hybridized carbons (Fsp3) is 0.0714. The summed E-state index contributed by atoms with van der Waals surface area (Å²) in [7, 11) is -3.98. The number of aryl methyl sites for hydroxylation is 1. The first-order valence-electron chi connectivity index (χ1n) is 5.92. The highest BCUT2D eigenvalue weighted by molar-refractivity contribution is 7.89. The summed E-state index contributed by atoms with van der Waals surface area (Å²) >= 11 is 0. The van der Waals surface area contributed by atoms with Crippen LogP contribution < -0.4 is 9.88 Å². The maximum atomic E-state index is 11.3. The van der Waals surface area contributed by atoms with Crippen LogP contribution in [0.5, 0.6) is 11.5 Å². The molecule has 0 amide bonds. The number of carbonyl (C=O) groups is 1. The van der Waals surface area contributed by atoms with Gasteiger partial charge in [-0.25, -0.2) is 18.4 Å². The van der Waals surface area contributed by atoms with Gasteiger partial charge in [0.25, 0.3) is 0 Å². The molecule has 3 N–H and O–H groups in total. The zero-order valence-corrected chi connectivity index (χ0v) is 11.9. The van der Waals surface area contributed by atoms with E-state index in [1.807, 2.05) is 19.1 Å². The van der Waals surface area contributed by atoms with Crippen LogP contribution >= 0.6 is 0 Å². The molecule has 2 aromatic rings. The number of hydrogen-bond donors (Lipinski definition) is 2. The number of carboxylic acids is 1. The molecule has 6 nitrogen and oxygen atoms in total. The van der Waals surface area contributed by atoms with Gasteiger partial charge in [0.2, 0.25) is 10.0 Å². The van der Waals surface area contributed by atoms with Gasteiger partial charge in [-0.1, -0.05) is 18.2 Å². The van der Waals surface area contributed by atoms with Crippen LogP contribution in [0.4, 0.5) is 0 Å². The van der Waals surface area contributed by atoms with Gasteiger partial charge in [-0.3, -0.25) is 0 Å². The molecule has 0 radical (unpaired) electrons. The lowest BCUT2D eigenvalue weighted by Crippen LogP contribution is -2.13. The number of para-hydroxylation sites is 1. The minimum absolute atomic E-state index is 0.0456. The average molecular weight is 307 g/mol. The summed E-state index contributed by atoms with van der Waals surface area (Å²) in [4.78, 5) is 11.0. The van der Waals surface area contributed by atoms with E-state index in [9.17, 15) is 18.3 Å². The molecule has 0 saturated heterocycles. The van der Waals surface area contributed by atoms with Crippen LogP contribution in [0, 0.1) is 6.92 Å². The Labute approximate surface area is 121 Å². The van der Waals surface area contributed by atoms with Crippen molar-refractivity contribution in [2.45, 2.75) is 11.8 Å². The van der Waals surface area contributed by atoms with E-state index < -0.39 is 16.0 Å². The Balaban J connectivity index is 2.50. The van der Waals surface area contributed by atoms with Crippen LogP contribution in [0.25, 0.3) is 0 Å². The predicted molar refractivity (Wildman–Crippen MR) is 76.0 cm³/mol. The SMILES string of the molecule is Cc1ccccc1Oc1ccc(S(N)(=O)=O)cc1C(=O)O. The summed E-state index contributed by atoms with van der Waals surface area (Å²) in [5, 5.41) is 14.2. The molecule has 0 saturated carbocycles. The van der Waals surface area contributed by atoms with Crippen molar-refractivity contribution >= 4 is 16.0 Å². The van der Waals surface area contributed by atoms with E-state index >= 15 is 0 Å². The van der Waals surface area contributed by atoms with Crippen LogP contribution in [0.1, 0.15) is 15.9 Å². The zero-order chi connectivity index (χ0) is 15.6. The normalized spacial score (nSPS) is 11.1. The summed E-state index contributed by atoms with van der Waals surface area (Å²) in [5.74, 6) is -0.767. The van der Waals surface area contributed by atoms with Crippen LogP contribution in [0.15, 0.2) is 47.4 Å². The standard InChI is InChI=1S/C14H13NO5S/c1-9-4-2-3-5-12(9)20-13-7-6-10(21(15,18)19)8-11(13)14(16)17/h2-8H,1H3,(H,16,17)(H2,15,18,19). The van der Waals surface area contributed by atoms with Gasteiger partial charge in [-0.05, 0) is 36.8 Å². The first kappa shape index (κ1) is 15.0. The van der Waals surface area contributed by atoms with Crippen molar-refractivity contribution in [1.82, 2.24) is 0 Å². The van der Waals surface area contributed by atoms with Crippen LogP contribution in [-0.2, 0) is 10.0 Å². The molecule has 2 rings (SSSR count). The molecule has 110 valence electrons. The number of rotatable bonds is 4. The Kier molecular flexibility index (Phi) is 3.97. The summed E-state index contributed by atoms with van der Waals surface area (Å²) < 4.78 is 28.1. The van der Waals surface area contributed by atoms with Crippen molar-refractivity contribution in [2.24, 2.45) is 5.14 Å². The Hall–Kier alpha value is -2.38. The average Bonchev–Trinajstić information content (AvgIpc) is 2.40. The second-order valence-electron chi connectivity index (χ2n) is 4.38. The van der Waals surface area contributed by atoms with Crippen LogP contribution in [0.3, 0.4) is 0 Å². The van der Waals surface area contributed by atoms with Crippen molar-refractivity contribution in [3.8, 4) is 11.5 Å². The van der Waals surface area contributed by atoms with E-state index in [1.54, 1.807) is 12.1 Å². The summed E-state index contributed by atoms with van der Waals surface area (Å²) in [6, 6.07) is 10.5. The molecule has 0 aliphatic heterocycles. The molecule has 0 bridgehead atoms. The molecule has 21 heavy (non-hydrogen) atoms. The fourth-order valence-electron chi connectivity index (χ4n) is 1.73. The molecule has 0 unspecified atom stereocenters. The minimum atomic E-state index is -3.98. The smallest absolute Gasteiger partial charge is 0.339 e. The van der Waals surface area contributed by atoms with E-state index in [0.717, 1.165) is 11.6 Å². The number of sulfonamides is 1. The number of benzene rings is 2. The highest BCUT2D eigenvalue weighted by atomic mass is 32.2. The quantitative estimate of drug-likeness (QED) is 0.899. The molecular weight excluding hydrogens is 294 g/mol. The van der Waals surface area contributed by atoms with Crippen molar-refractivity contribution in [2.75, 3.05) is 0 Å². The highest BCUT2D eigenvalue weighted by Gasteiger charge is 2.17. The molecule has 0 heterocycles. The predicted octanol–water partition coefficient (Wildman–Crippen LogP) is 2.13. The monoisotopic (exact) mass is 307 g/mol. The third-order valence-corrected chi connectivity index (χ3v) is 3.73. The second kappa shape index (κ2) is 5.55. The van der Waals surface area contributed by atoms with E-state index in [4.69, 9.17) is 9.88 Å². The topological polar surface area (TPSA) is 107 Å². The molecule has 0 atom stereocenters. The second-order valence-corrected chi connectivity index (χ2v) is 5.94. The first-order chi connectivity index (χ1) is 9.79. The summed E-state index contributed by atoms with van der Waals surface area (Å²) in [6.45, 7) is 1.81. The molecule has 0 aliphatic carbocycles. The molecule has 0 fully saturated rings. The zero-order valence-electron chi connectivity index (χ0n) is 11.1. The van der Waals surface area contributed by atoms with Gasteiger partial charge in [-0.2, -0.15) is 0 Å². The largest absolute Gasteiger partial charge is 0.478 e. The van der Waals surface area contributed by atoms with Gasteiger partial charge in [0.15, 0.2) is 0 Å². The van der Waals surface area contributed by atoms with Gasteiger partial charge < -0.3 is 9.84 Å². The third kappa shape index (κ3) is 3.39. The number of carboxylic acid groups (broad SMARTS) is 1. The van der Waals surface area contributed by atoms with Gasteiger partial charge in [0.1, 0.15) is 17.1 Å². The van der Waals surface area contributed by atoms with Gasteiger partial charge in [0, 0.05) is 0 Å². The van der Waals surface area contributed by atoms with Crippen molar-refractivity contribution < 1.29 is 23.1 Å². The Morgan fingerprint density at radius 2 is 1.81 bits per heavy atom. The molecule has 0 aliphatic rings. The third-order valence-electron chi connectivity index (χ3n) is 2.82. The first-order valence-corrected chi connectivity index (χ1v) is 7.47.